The summed E-state index contributed by atoms with van der Waals surface area (Å²) in [5.74, 6) is 2.47. The van der Waals surface area contributed by atoms with Gasteiger partial charge in [0.25, 0.3) is 0 Å². The summed E-state index contributed by atoms with van der Waals surface area (Å²) < 4.78 is 0. The lowest BCUT2D eigenvalue weighted by atomic mass is 9.94. The highest BCUT2D eigenvalue weighted by atomic mass is 32.2. The molecule has 126 valence electrons. The Labute approximate surface area is 147 Å². The highest BCUT2D eigenvalue weighted by Gasteiger charge is 2.25. The zero-order valence-electron chi connectivity index (χ0n) is 13.8. The number of amides is 1. The largest absolute Gasteiger partial charge is 0.342 e. The van der Waals surface area contributed by atoms with Gasteiger partial charge in [0.1, 0.15) is 6.33 Å². The lowest BCUT2D eigenvalue weighted by Crippen LogP contribution is -2.39. The van der Waals surface area contributed by atoms with E-state index in [0.717, 1.165) is 43.1 Å². The van der Waals surface area contributed by atoms with Crippen molar-refractivity contribution in [3.05, 3.63) is 60.2 Å². The average molecular weight is 341 g/mol. The lowest BCUT2D eigenvalue weighted by Gasteiger charge is -2.32. The number of piperidine rings is 1. The second-order valence-electron chi connectivity index (χ2n) is 6.10. The molecule has 0 unspecified atom stereocenters. The number of carbonyl (C=O) groups excluding carboxylic acids is 1. The van der Waals surface area contributed by atoms with Gasteiger partial charge in [0.15, 0.2) is 0 Å². The van der Waals surface area contributed by atoms with E-state index in [1.807, 2.05) is 28.8 Å². The smallest absolute Gasteiger partial charge is 0.223 e. The summed E-state index contributed by atoms with van der Waals surface area (Å²) in [6.07, 6.45) is 6.15. The number of nitrogens with zero attached hydrogens (tertiary/aromatic N) is 3. The molecule has 2 aromatic rings. The Hall–Kier alpha value is -1.88. The number of carbonyl (C=O) groups is 1. The first-order valence-corrected chi connectivity index (χ1v) is 9.64. The Morgan fingerprint density at radius 1 is 1.25 bits per heavy atom. The van der Waals surface area contributed by atoms with E-state index < -0.39 is 0 Å². The zero-order valence-corrected chi connectivity index (χ0v) is 14.6. The quantitative estimate of drug-likeness (QED) is 0.754. The molecule has 0 aliphatic carbocycles. The number of thioether (sulfide) groups is 1. The fourth-order valence-electron chi connectivity index (χ4n) is 3.07. The molecule has 3 rings (SSSR count). The van der Waals surface area contributed by atoms with Gasteiger partial charge in [-0.1, -0.05) is 30.3 Å². The van der Waals surface area contributed by atoms with Gasteiger partial charge in [-0.15, -0.1) is 0 Å². The van der Waals surface area contributed by atoms with E-state index in [1.165, 1.54) is 5.56 Å². The Morgan fingerprint density at radius 2 is 2.12 bits per heavy atom. The first kappa shape index (κ1) is 17.0. The van der Waals surface area contributed by atoms with Crippen LogP contribution in [0, 0.1) is 0 Å². The second-order valence-corrected chi connectivity index (χ2v) is 7.21. The van der Waals surface area contributed by atoms with Crippen LogP contribution in [0.15, 0.2) is 48.9 Å². The standard InChI is InChI=1S/C19H23N3OS/c23-19(9-12-24-14-16-5-2-1-3-6-16)22-11-4-7-17(13-22)18-8-10-20-15-21-18/h1-3,5-6,8,10,15,17H,4,7,9,11-14H2/t17-/m0/s1. The lowest BCUT2D eigenvalue weighted by molar-refractivity contribution is -0.131. The van der Waals surface area contributed by atoms with Gasteiger partial charge in [0, 0.05) is 48.8 Å². The first-order valence-electron chi connectivity index (χ1n) is 8.48. The normalized spacial score (nSPS) is 17.7. The van der Waals surface area contributed by atoms with Gasteiger partial charge in [-0.05, 0) is 24.5 Å². The van der Waals surface area contributed by atoms with Crippen molar-refractivity contribution in [2.75, 3.05) is 18.8 Å². The number of benzene rings is 1. The maximum atomic E-state index is 12.5. The van der Waals surface area contributed by atoms with Gasteiger partial charge in [-0.3, -0.25) is 4.79 Å². The molecule has 1 aromatic carbocycles. The predicted molar refractivity (Wildman–Crippen MR) is 97.8 cm³/mol. The highest BCUT2D eigenvalue weighted by molar-refractivity contribution is 7.98. The molecule has 5 heteroatoms. The number of hydrogen-bond acceptors (Lipinski definition) is 4. The van der Waals surface area contributed by atoms with Crippen LogP contribution in [-0.2, 0) is 10.5 Å². The van der Waals surface area contributed by atoms with E-state index in [0.29, 0.717) is 12.3 Å². The predicted octanol–water partition coefficient (Wildman–Crippen LogP) is 3.51. The summed E-state index contributed by atoms with van der Waals surface area (Å²) >= 11 is 1.83. The van der Waals surface area contributed by atoms with Crippen LogP contribution in [0.1, 0.15) is 36.4 Å². The van der Waals surface area contributed by atoms with Crippen molar-refractivity contribution in [1.29, 1.82) is 0 Å². The highest BCUT2D eigenvalue weighted by Crippen LogP contribution is 2.25. The van der Waals surface area contributed by atoms with Gasteiger partial charge in [-0.2, -0.15) is 11.8 Å². The third-order valence-corrected chi connectivity index (χ3v) is 5.40. The molecule has 2 heterocycles. The fraction of sp³-hybridized carbons (Fsp3) is 0.421. The SMILES string of the molecule is O=C(CCSCc1ccccc1)N1CCC[C@H](c2ccncn2)C1. The van der Waals surface area contributed by atoms with Gasteiger partial charge >= 0.3 is 0 Å². The van der Waals surface area contributed by atoms with E-state index >= 15 is 0 Å². The molecular formula is C19H23N3OS. The monoisotopic (exact) mass is 341 g/mol. The van der Waals surface area contributed by atoms with Crippen LogP contribution in [-0.4, -0.2) is 39.6 Å². The zero-order chi connectivity index (χ0) is 16.6. The summed E-state index contributed by atoms with van der Waals surface area (Å²) in [6, 6.07) is 12.4. The molecule has 1 atom stereocenters. The Balaban J connectivity index is 1.43. The van der Waals surface area contributed by atoms with Crippen LogP contribution in [0.2, 0.25) is 0 Å². The summed E-state index contributed by atoms with van der Waals surface area (Å²) in [5.41, 5.74) is 2.37. The van der Waals surface area contributed by atoms with Crippen molar-refractivity contribution in [3.8, 4) is 0 Å². The van der Waals surface area contributed by atoms with E-state index in [-0.39, 0.29) is 5.91 Å². The topological polar surface area (TPSA) is 46.1 Å². The van der Waals surface area contributed by atoms with E-state index in [2.05, 4.69) is 34.2 Å². The molecule has 1 fully saturated rings. The van der Waals surface area contributed by atoms with E-state index in [4.69, 9.17) is 0 Å². The number of hydrogen-bond donors (Lipinski definition) is 0. The third kappa shape index (κ3) is 4.81. The molecule has 1 saturated heterocycles. The summed E-state index contributed by atoms with van der Waals surface area (Å²) in [4.78, 5) is 22.8. The number of likely N-dealkylation sites (tertiary alicyclic amines) is 1. The maximum Gasteiger partial charge on any atom is 0.223 e. The Bertz CT molecular complexity index is 636. The molecular weight excluding hydrogens is 318 g/mol. The summed E-state index contributed by atoms with van der Waals surface area (Å²) in [5, 5.41) is 0. The summed E-state index contributed by atoms with van der Waals surface area (Å²) in [7, 11) is 0. The molecule has 0 bridgehead atoms. The first-order chi connectivity index (χ1) is 11.8. The van der Waals surface area contributed by atoms with Crippen LogP contribution in [0.3, 0.4) is 0 Å². The Morgan fingerprint density at radius 3 is 2.92 bits per heavy atom. The fourth-order valence-corrected chi connectivity index (χ4v) is 3.96. The van der Waals surface area contributed by atoms with E-state index in [1.54, 1.807) is 12.5 Å². The van der Waals surface area contributed by atoms with Crippen molar-refractivity contribution in [2.45, 2.75) is 30.9 Å². The molecule has 0 saturated carbocycles. The molecule has 0 spiro atoms. The average Bonchev–Trinajstić information content (AvgIpc) is 2.67. The molecule has 1 aliphatic heterocycles. The second kappa shape index (κ2) is 8.83. The van der Waals surface area contributed by atoms with Crippen LogP contribution in [0.4, 0.5) is 0 Å². The van der Waals surface area contributed by atoms with Crippen LogP contribution in [0.5, 0.6) is 0 Å². The van der Waals surface area contributed by atoms with Gasteiger partial charge < -0.3 is 4.90 Å². The Kier molecular flexibility index (Phi) is 6.24. The number of aromatic nitrogens is 2. The minimum Gasteiger partial charge on any atom is -0.342 e. The van der Waals surface area contributed by atoms with Crippen LogP contribution < -0.4 is 0 Å². The minimum atomic E-state index is 0.273. The van der Waals surface area contributed by atoms with Crippen LogP contribution >= 0.6 is 11.8 Å². The van der Waals surface area contributed by atoms with E-state index in [9.17, 15) is 4.79 Å². The van der Waals surface area contributed by atoms with Crippen molar-refractivity contribution in [1.82, 2.24) is 14.9 Å². The molecule has 4 nitrogen and oxygen atoms in total. The molecule has 0 N–H and O–H groups in total. The van der Waals surface area contributed by atoms with Gasteiger partial charge in [0.05, 0.1) is 0 Å². The maximum absolute atomic E-state index is 12.5. The molecule has 1 aliphatic rings. The van der Waals surface area contributed by atoms with Crippen molar-refractivity contribution >= 4 is 17.7 Å². The molecule has 24 heavy (non-hydrogen) atoms. The summed E-state index contributed by atoms with van der Waals surface area (Å²) in [6.45, 7) is 1.67. The van der Waals surface area contributed by atoms with Gasteiger partial charge in [-0.25, -0.2) is 9.97 Å². The van der Waals surface area contributed by atoms with Crippen molar-refractivity contribution < 1.29 is 4.79 Å². The van der Waals surface area contributed by atoms with Gasteiger partial charge in [0.2, 0.25) is 5.91 Å². The van der Waals surface area contributed by atoms with Crippen molar-refractivity contribution in [3.63, 3.8) is 0 Å². The van der Waals surface area contributed by atoms with Crippen LogP contribution in [0.25, 0.3) is 0 Å². The molecule has 1 aromatic heterocycles. The molecule has 1 amide bonds. The third-order valence-electron chi connectivity index (χ3n) is 4.37. The van der Waals surface area contributed by atoms with Crippen molar-refractivity contribution in [2.24, 2.45) is 0 Å². The molecule has 0 radical (unpaired) electrons. The minimum absolute atomic E-state index is 0.273. The number of rotatable bonds is 6.